The first-order chi connectivity index (χ1) is 10.1. The summed E-state index contributed by atoms with van der Waals surface area (Å²) in [5.41, 5.74) is 1.01. The molecule has 1 heterocycles. The molecule has 2 rings (SSSR count). The van der Waals surface area contributed by atoms with Crippen LogP contribution in [-0.2, 0) is 19.6 Å². The molecular weight excluding hydrogens is 290 g/mol. The van der Waals surface area contributed by atoms with E-state index in [-0.39, 0.29) is 6.61 Å². The smallest absolute Gasteiger partial charge is 0.264 e. The minimum atomic E-state index is 0.253. The van der Waals surface area contributed by atoms with E-state index in [0.717, 1.165) is 17.7 Å². The van der Waals surface area contributed by atoms with Gasteiger partial charge in [-0.2, -0.15) is 4.98 Å². The van der Waals surface area contributed by atoms with E-state index in [1.807, 2.05) is 19.1 Å². The number of benzene rings is 1. The number of hydrogen-bond donors (Lipinski definition) is 1. The molecule has 114 valence electrons. The number of aromatic nitrogens is 2. The highest BCUT2D eigenvalue weighted by molar-refractivity contribution is 6.30. The van der Waals surface area contributed by atoms with E-state index in [4.69, 9.17) is 20.9 Å². The number of nitrogens with zero attached hydrogens (tertiary/aromatic N) is 2. The minimum Gasteiger partial charge on any atom is -0.483 e. The molecule has 0 saturated heterocycles. The molecule has 0 atom stereocenters. The lowest BCUT2D eigenvalue weighted by Crippen LogP contribution is -2.22. The predicted octanol–water partition coefficient (Wildman–Crippen LogP) is 3.36. The molecule has 0 amide bonds. The zero-order valence-electron chi connectivity index (χ0n) is 12.5. The lowest BCUT2D eigenvalue weighted by molar-refractivity contribution is 0.240. The summed E-state index contributed by atoms with van der Waals surface area (Å²) in [7, 11) is 0. The number of halogens is 1. The highest BCUT2D eigenvalue weighted by Gasteiger charge is 2.09. The fraction of sp³-hybridized carbons (Fsp3) is 0.467. The summed E-state index contributed by atoms with van der Waals surface area (Å²) in [4.78, 5) is 4.22. The van der Waals surface area contributed by atoms with Gasteiger partial charge in [0.2, 0.25) is 0 Å². The van der Waals surface area contributed by atoms with Crippen LogP contribution in [0.1, 0.15) is 38.0 Å². The average molecular weight is 310 g/mol. The van der Waals surface area contributed by atoms with E-state index >= 15 is 0 Å². The third-order valence-corrected chi connectivity index (χ3v) is 3.14. The Hall–Kier alpha value is -1.59. The number of rotatable bonds is 7. The highest BCUT2D eigenvalue weighted by Crippen LogP contribution is 2.23. The SMILES string of the molecule is CCc1noc(COc2ccc(Cl)cc2CNC(C)C)n1. The third kappa shape index (κ3) is 4.72. The Balaban J connectivity index is 2.04. The third-order valence-electron chi connectivity index (χ3n) is 2.90. The molecule has 0 unspecified atom stereocenters. The first kappa shape index (κ1) is 15.8. The molecular formula is C15H20ClN3O2. The van der Waals surface area contributed by atoms with Gasteiger partial charge in [0.15, 0.2) is 12.4 Å². The van der Waals surface area contributed by atoms with E-state index < -0.39 is 0 Å². The van der Waals surface area contributed by atoms with Gasteiger partial charge in [-0.05, 0) is 18.2 Å². The van der Waals surface area contributed by atoms with E-state index in [2.05, 4.69) is 29.3 Å². The molecule has 0 bridgehead atoms. The molecule has 0 spiro atoms. The van der Waals surface area contributed by atoms with E-state index in [1.54, 1.807) is 6.07 Å². The Labute approximate surface area is 129 Å². The fourth-order valence-electron chi connectivity index (χ4n) is 1.77. The Kier molecular flexibility index (Phi) is 5.59. The Bertz CT molecular complexity index is 584. The number of aryl methyl sites for hydroxylation is 1. The van der Waals surface area contributed by atoms with Crippen molar-refractivity contribution in [2.24, 2.45) is 0 Å². The van der Waals surface area contributed by atoms with Crippen LogP contribution in [0.2, 0.25) is 5.02 Å². The fourth-order valence-corrected chi connectivity index (χ4v) is 1.97. The van der Waals surface area contributed by atoms with Crippen LogP contribution in [0, 0.1) is 0 Å². The molecule has 2 aromatic rings. The van der Waals surface area contributed by atoms with Crippen LogP contribution in [0.4, 0.5) is 0 Å². The minimum absolute atomic E-state index is 0.253. The van der Waals surface area contributed by atoms with Crippen molar-refractivity contribution in [1.29, 1.82) is 0 Å². The van der Waals surface area contributed by atoms with Crippen molar-refractivity contribution in [2.45, 2.75) is 46.4 Å². The predicted molar refractivity (Wildman–Crippen MR) is 81.4 cm³/mol. The summed E-state index contributed by atoms with van der Waals surface area (Å²) in [6.07, 6.45) is 0.744. The molecule has 21 heavy (non-hydrogen) atoms. The molecule has 1 aromatic carbocycles. The summed E-state index contributed by atoms with van der Waals surface area (Å²) in [5, 5.41) is 7.88. The van der Waals surface area contributed by atoms with Crippen molar-refractivity contribution in [3.05, 3.63) is 40.5 Å². The summed E-state index contributed by atoms with van der Waals surface area (Å²) in [6.45, 7) is 7.11. The molecule has 0 aliphatic carbocycles. The van der Waals surface area contributed by atoms with Crippen molar-refractivity contribution in [2.75, 3.05) is 0 Å². The zero-order chi connectivity index (χ0) is 15.2. The summed E-state index contributed by atoms with van der Waals surface area (Å²) in [5.74, 6) is 1.93. The van der Waals surface area contributed by atoms with Gasteiger partial charge in [-0.1, -0.05) is 37.5 Å². The highest BCUT2D eigenvalue weighted by atomic mass is 35.5. The second-order valence-corrected chi connectivity index (χ2v) is 5.47. The van der Waals surface area contributed by atoms with E-state index in [0.29, 0.717) is 29.3 Å². The van der Waals surface area contributed by atoms with Gasteiger partial charge >= 0.3 is 0 Å². The monoisotopic (exact) mass is 309 g/mol. The van der Waals surface area contributed by atoms with Crippen LogP contribution in [0.3, 0.4) is 0 Å². The van der Waals surface area contributed by atoms with Crippen LogP contribution >= 0.6 is 11.6 Å². The lowest BCUT2D eigenvalue weighted by atomic mass is 10.2. The van der Waals surface area contributed by atoms with Crippen LogP contribution in [0.25, 0.3) is 0 Å². The normalized spacial score (nSPS) is 11.1. The van der Waals surface area contributed by atoms with Gasteiger partial charge in [-0.25, -0.2) is 0 Å². The van der Waals surface area contributed by atoms with Gasteiger partial charge in [-0.3, -0.25) is 0 Å². The van der Waals surface area contributed by atoms with Gasteiger partial charge in [0, 0.05) is 29.6 Å². The molecule has 0 fully saturated rings. The van der Waals surface area contributed by atoms with Gasteiger partial charge in [-0.15, -0.1) is 0 Å². The standard InChI is InChI=1S/C15H20ClN3O2/c1-4-14-18-15(21-19-14)9-20-13-6-5-12(16)7-11(13)8-17-10(2)3/h5-7,10,17H,4,8-9H2,1-3H3. The molecule has 1 aromatic heterocycles. The van der Waals surface area contributed by atoms with Gasteiger partial charge in [0.1, 0.15) is 5.75 Å². The first-order valence-corrected chi connectivity index (χ1v) is 7.42. The maximum Gasteiger partial charge on any atom is 0.264 e. The van der Waals surface area contributed by atoms with Crippen LogP contribution < -0.4 is 10.1 Å². The first-order valence-electron chi connectivity index (χ1n) is 7.04. The summed E-state index contributed by atoms with van der Waals surface area (Å²) < 4.78 is 10.9. The van der Waals surface area contributed by atoms with E-state index in [9.17, 15) is 0 Å². The molecule has 1 N–H and O–H groups in total. The van der Waals surface area contributed by atoms with Crippen LogP contribution in [0.15, 0.2) is 22.7 Å². The number of ether oxygens (including phenoxy) is 1. The molecule has 0 aliphatic heterocycles. The average Bonchev–Trinajstić information content (AvgIpc) is 2.92. The number of nitrogens with one attached hydrogen (secondary N) is 1. The molecule has 6 heteroatoms. The molecule has 0 aliphatic rings. The second-order valence-electron chi connectivity index (χ2n) is 5.03. The molecule has 5 nitrogen and oxygen atoms in total. The molecule has 0 saturated carbocycles. The van der Waals surface area contributed by atoms with E-state index in [1.165, 1.54) is 0 Å². The van der Waals surface area contributed by atoms with Gasteiger partial charge in [0.25, 0.3) is 5.89 Å². The van der Waals surface area contributed by atoms with Crippen LogP contribution in [-0.4, -0.2) is 16.2 Å². The quantitative estimate of drug-likeness (QED) is 0.849. The van der Waals surface area contributed by atoms with Crippen molar-refractivity contribution >= 4 is 11.6 Å². The van der Waals surface area contributed by atoms with Gasteiger partial charge in [0.05, 0.1) is 0 Å². The maximum atomic E-state index is 6.05. The van der Waals surface area contributed by atoms with Crippen molar-refractivity contribution in [1.82, 2.24) is 15.5 Å². The Morgan fingerprint density at radius 2 is 2.19 bits per heavy atom. The number of hydrogen-bond acceptors (Lipinski definition) is 5. The zero-order valence-corrected chi connectivity index (χ0v) is 13.3. The van der Waals surface area contributed by atoms with Gasteiger partial charge < -0.3 is 14.6 Å². The van der Waals surface area contributed by atoms with Crippen molar-refractivity contribution in [3.63, 3.8) is 0 Å². The maximum absolute atomic E-state index is 6.05. The van der Waals surface area contributed by atoms with Crippen LogP contribution in [0.5, 0.6) is 5.75 Å². The second kappa shape index (κ2) is 7.43. The Morgan fingerprint density at radius 1 is 1.38 bits per heavy atom. The topological polar surface area (TPSA) is 60.2 Å². The molecule has 0 radical (unpaired) electrons. The Morgan fingerprint density at radius 3 is 2.86 bits per heavy atom. The summed E-state index contributed by atoms with van der Waals surface area (Å²) >= 11 is 6.05. The summed E-state index contributed by atoms with van der Waals surface area (Å²) in [6, 6.07) is 5.95. The van der Waals surface area contributed by atoms with Crippen molar-refractivity contribution < 1.29 is 9.26 Å². The largest absolute Gasteiger partial charge is 0.483 e. The van der Waals surface area contributed by atoms with Crippen molar-refractivity contribution in [3.8, 4) is 5.75 Å². The lowest BCUT2D eigenvalue weighted by Gasteiger charge is -2.13.